The average molecular weight is 300 g/mol. The van der Waals surface area contributed by atoms with Gasteiger partial charge in [0, 0.05) is 6.42 Å². The molecule has 1 aromatic heterocycles. The van der Waals surface area contributed by atoms with Crippen LogP contribution in [0, 0.1) is 6.92 Å². The van der Waals surface area contributed by atoms with Crippen molar-refractivity contribution in [3.8, 4) is 11.1 Å². The first-order valence-electron chi connectivity index (χ1n) is 8.24. The molecule has 0 bridgehead atoms. The lowest BCUT2D eigenvalue weighted by Gasteiger charge is -2.13. The van der Waals surface area contributed by atoms with Gasteiger partial charge < -0.3 is 4.42 Å². The summed E-state index contributed by atoms with van der Waals surface area (Å²) in [5.74, 6) is 1.96. The highest BCUT2D eigenvalue weighted by Gasteiger charge is 2.21. The van der Waals surface area contributed by atoms with Crippen molar-refractivity contribution < 1.29 is 4.42 Å². The van der Waals surface area contributed by atoms with E-state index >= 15 is 0 Å². The predicted molar refractivity (Wildman–Crippen MR) is 96.3 cm³/mol. The zero-order chi connectivity index (χ0) is 15.8. The molecule has 0 radical (unpaired) electrons. The summed E-state index contributed by atoms with van der Waals surface area (Å²) in [7, 11) is 0. The number of hydrogen-bond donors (Lipinski definition) is 0. The third kappa shape index (κ3) is 2.43. The number of benzene rings is 2. The van der Waals surface area contributed by atoms with Crippen LogP contribution in [-0.4, -0.2) is 0 Å². The quantitative estimate of drug-likeness (QED) is 0.585. The minimum absolute atomic E-state index is 0.951. The van der Waals surface area contributed by atoms with Crippen LogP contribution < -0.4 is 0 Å². The van der Waals surface area contributed by atoms with E-state index in [1.807, 2.05) is 13.0 Å². The van der Waals surface area contributed by atoms with E-state index in [-0.39, 0.29) is 0 Å². The van der Waals surface area contributed by atoms with Gasteiger partial charge in [-0.05, 0) is 64.9 Å². The van der Waals surface area contributed by atoms with Crippen molar-refractivity contribution in [2.45, 2.75) is 26.7 Å². The number of rotatable bonds is 3. The summed E-state index contributed by atoms with van der Waals surface area (Å²) in [4.78, 5) is 0. The summed E-state index contributed by atoms with van der Waals surface area (Å²) < 4.78 is 5.83. The molecule has 0 unspecified atom stereocenters. The topological polar surface area (TPSA) is 13.1 Å². The van der Waals surface area contributed by atoms with Gasteiger partial charge in [-0.1, -0.05) is 49.4 Å². The molecule has 1 heterocycles. The first kappa shape index (κ1) is 14.1. The highest BCUT2D eigenvalue weighted by molar-refractivity contribution is 5.93. The van der Waals surface area contributed by atoms with Gasteiger partial charge in [-0.25, -0.2) is 0 Å². The molecule has 1 aliphatic carbocycles. The first-order valence-corrected chi connectivity index (χ1v) is 8.24. The molecule has 23 heavy (non-hydrogen) atoms. The molecular weight excluding hydrogens is 280 g/mol. The van der Waals surface area contributed by atoms with Crippen LogP contribution in [0.3, 0.4) is 0 Å². The second-order valence-electron chi connectivity index (χ2n) is 6.15. The van der Waals surface area contributed by atoms with Crippen molar-refractivity contribution in [2.24, 2.45) is 0 Å². The van der Waals surface area contributed by atoms with Gasteiger partial charge in [0.1, 0.15) is 11.5 Å². The van der Waals surface area contributed by atoms with Crippen LogP contribution >= 0.6 is 0 Å². The third-order valence-electron chi connectivity index (χ3n) is 4.62. The number of hydrogen-bond acceptors (Lipinski definition) is 1. The zero-order valence-electron chi connectivity index (χ0n) is 13.6. The monoisotopic (exact) mass is 300 g/mol. The smallest absolute Gasteiger partial charge is 0.130 e. The Morgan fingerprint density at radius 3 is 2.48 bits per heavy atom. The van der Waals surface area contributed by atoms with Crippen LogP contribution in [0.2, 0.25) is 0 Å². The lowest BCUT2D eigenvalue weighted by atomic mass is 9.91. The standard InChI is InChI=1S/C22H20O/c1-3-16-10-11-18-13-19(21-12-9-15(2)23-21)14-20(18)22(16)17-7-5-4-6-8-17/h4-12,14H,3,13H2,1-2H3. The summed E-state index contributed by atoms with van der Waals surface area (Å²) in [6.07, 6.45) is 4.31. The summed E-state index contributed by atoms with van der Waals surface area (Å²) in [6, 6.07) is 19.4. The highest BCUT2D eigenvalue weighted by atomic mass is 16.3. The Balaban J connectivity index is 1.88. The molecule has 3 aromatic rings. The maximum absolute atomic E-state index is 5.83. The van der Waals surface area contributed by atoms with Gasteiger partial charge in [-0.15, -0.1) is 0 Å². The molecule has 0 amide bonds. The minimum Gasteiger partial charge on any atom is -0.462 e. The highest BCUT2D eigenvalue weighted by Crippen LogP contribution is 2.40. The fourth-order valence-corrected chi connectivity index (χ4v) is 3.46. The molecule has 2 aromatic carbocycles. The Morgan fingerprint density at radius 1 is 0.957 bits per heavy atom. The molecule has 114 valence electrons. The summed E-state index contributed by atoms with van der Waals surface area (Å²) in [6.45, 7) is 4.22. The molecule has 0 aliphatic heterocycles. The lowest BCUT2D eigenvalue weighted by molar-refractivity contribution is 0.521. The molecular formula is C22H20O. The molecule has 0 fully saturated rings. The molecule has 1 aliphatic rings. The van der Waals surface area contributed by atoms with Gasteiger partial charge in [0.05, 0.1) is 0 Å². The Bertz CT molecular complexity index is 882. The van der Waals surface area contributed by atoms with Gasteiger partial charge in [-0.2, -0.15) is 0 Å². The fourth-order valence-electron chi connectivity index (χ4n) is 3.46. The van der Waals surface area contributed by atoms with Crippen molar-refractivity contribution in [1.82, 2.24) is 0 Å². The Morgan fingerprint density at radius 2 is 1.78 bits per heavy atom. The summed E-state index contributed by atoms with van der Waals surface area (Å²) in [5.41, 5.74) is 8.12. The molecule has 1 nitrogen and oxygen atoms in total. The largest absolute Gasteiger partial charge is 0.462 e. The van der Waals surface area contributed by atoms with E-state index in [1.54, 1.807) is 0 Å². The number of allylic oxidation sites excluding steroid dienone is 1. The molecule has 0 saturated heterocycles. The first-order chi connectivity index (χ1) is 11.3. The van der Waals surface area contributed by atoms with Gasteiger partial charge in [0.2, 0.25) is 0 Å². The van der Waals surface area contributed by atoms with Crippen LogP contribution in [-0.2, 0) is 12.8 Å². The summed E-state index contributed by atoms with van der Waals surface area (Å²) >= 11 is 0. The van der Waals surface area contributed by atoms with Crippen molar-refractivity contribution in [1.29, 1.82) is 0 Å². The number of furan rings is 1. The minimum atomic E-state index is 0.951. The van der Waals surface area contributed by atoms with E-state index in [4.69, 9.17) is 4.42 Å². The zero-order valence-corrected chi connectivity index (χ0v) is 13.6. The van der Waals surface area contributed by atoms with E-state index in [0.29, 0.717) is 0 Å². The fraction of sp³-hybridized carbons (Fsp3) is 0.182. The lowest BCUT2D eigenvalue weighted by Crippen LogP contribution is -1.94. The molecule has 0 spiro atoms. The van der Waals surface area contributed by atoms with Crippen LogP contribution in [0.15, 0.2) is 59.0 Å². The van der Waals surface area contributed by atoms with Crippen LogP contribution in [0.25, 0.3) is 22.8 Å². The van der Waals surface area contributed by atoms with Crippen molar-refractivity contribution >= 4 is 11.6 Å². The van der Waals surface area contributed by atoms with Gasteiger partial charge in [0.15, 0.2) is 0 Å². The number of aryl methyl sites for hydroxylation is 2. The van der Waals surface area contributed by atoms with E-state index in [0.717, 1.165) is 24.4 Å². The van der Waals surface area contributed by atoms with E-state index in [9.17, 15) is 0 Å². The van der Waals surface area contributed by atoms with Crippen molar-refractivity contribution in [2.75, 3.05) is 0 Å². The van der Waals surface area contributed by atoms with Crippen LogP contribution in [0.4, 0.5) is 0 Å². The maximum Gasteiger partial charge on any atom is 0.130 e. The van der Waals surface area contributed by atoms with Gasteiger partial charge in [-0.3, -0.25) is 0 Å². The normalized spacial score (nSPS) is 13.0. The van der Waals surface area contributed by atoms with Crippen LogP contribution in [0.5, 0.6) is 0 Å². The van der Waals surface area contributed by atoms with Gasteiger partial charge >= 0.3 is 0 Å². The van der Waals surface area contributed by atoms with E-state index in [2.05, 4.69) is 61.5 Å². The second kappa shape index (κ2) is 5.58. The molecule has 1 heteroatoms. The van der Waals surface area contributed by atoms with Gasteiger partial charge in [0.25, 0.3) is 0 Å². The van der Waals surface area contributed by atoms with E-state index < -0.39 is 0 Å². The van der Waals surface area contributed by atoms with Crippen LogP contribution in [0.1, 0.15) is 35.1 Å². The third-order valence-corrected chi connectivity index (χ3v) is 4.62. The summed E-state index contributed by atoms with van der Waals surface area (Å²) in [5, 5.41) is 0. The number of fused-ring (bicyclic) bond motifs is 1. The maximum atomic E-state index is 5.83. The van der Waals surface area contributed by atoms with Crippen molar-refractivity contribution in [3.63, 3.8) is 0 Å². The Kier molecular flexibility index (Phi) is 3.42. The molecule has 0 atom stereocenters. The second-order valence-corrected chi connectivity index (χ2v) is 6.15. The molecule has 0 saturated carbocycles. The predicted octanol–water partition coefficient (Wildman–Crippen LogP) is 5.91. The Labute approximate surface area is 137 Å². The molecule has 4 rings (SSSR count). The van der Waals surface area contributed by atoms with E-state index in [1.165, 1.54) is 33.4 Å². The van der Waals surface area contributed by atoms with Crippen molar-refractivity contribution in [3.05, 3.63) is 82.8 Å². The average Bonchev–Trinajstić information content (AvgIpc) is 3.20. The SMILES string of the molecule is CCc1ccc2c(c1-c1ccccc1)C=C(c1ccc(C)o1)C2. The molecule has 0 N–H and O–H groups in total. The Hall–Kier alpha value is -2.54.